The summed E-state index contributed by atoms with van der Waals surface area (Å²) in [6, 6.07) is 12.5. The molecule has 0 saturated heterocycles. The van der Waals surface area contributed by atoms with E-state index in [0.717, 1.165) is 29.5 Å². The highest BCUT2D eigenvalue weighted by atomic mass is 32.2. The summed E-state index contributed by atoms with van der Waals surface area (Å²) in [7, 11) is 0. The highest BCUT2D eigenvalue weighted by Crippen LogP contribution is 2.40. The molecule has 1 aliphatic heterocycles. The molecular weight excluding hydrogens is 365 g/mol. The maximum atomic E-state index is 12.8. The summed E-state index contributed by atoms with van der Waals surface area (Å²) in [5.74, 6) is -0.770. The molecule has 4 nitrogen and oxygen atoms in total. The molecule has 0 aromatic heterocycles. The van der Waals surface area contributed by atoms with E-state index in [0.29, 0.717) is 11.4 Å². The van der Waals surface area contributed by atoms with Gasteiger partial charge in [0.1, 0.15) is 0 Å². The quantitative estimate of drug-likeness (QED) is 0.848. The smallest absolute Gasteiger partial charge is 0.352 e. The molecule has 0 radical (unpaired) electrons. The van der Waals surface area contributed by atoms with Gasteiger partial charge < -0.3 is 10.6 Å². The van der Waals surface area contributed by atoms with Crippen LogP contribution in [0, 0.1) is 0 Å². The molecule has 3 rings (SSSR count). The second-order valence-electron chi connectivity index (χ2n) is 5.77. The molecule has 2 N–H and O–H groups in total. The van der Waals surface area contributed by atoms with E-state index in [1.807, 2.05) is 30.3 Å². The SMILES string of the molecule is O=C(C[C@H]1Sc2ccc(C(F)(F)F)cc2NC1=O)NCc1ccccc1. The van der Waals surface area contributed by atoms with Gasteiger partial charge in [0.2, 0.25) is 11.8 Å². The third-order valence-corrected chi connectivity index (χ3v) is 5.10. The first-order chi connectivity index (χ1) is 12.3. The largest absolute Gasteiger partial charge is 0.416 e. The van der Waals surface area contributed by atoms with Gasteiger partial charge in [0.15, 0.2) is 0 Å². The average Bonchev–Trinajstić information content (AvgIpc) is 2.60. The van der Waals surface area contributed by atoms with Crippen LogP contribution in [0.2, 0.25) is 0 Å². The highest BCUT2D eigenvalue weighted by molar-refractivity contribution is 8.01. The maximum Gasteiger partial charge on any atom is 0.416 e. The molecule has 0 aliphatic carbocycles. The normalized spacial score (nSPS) is 16.6. The number of benzene rings is 2. The van der Waals surface area contributed by atoms with Gasteiger partial charge in [-0.1, -0.05) is 30.3 Å². The lowest BCUT2D eigenvalue weighted by molar-refractivity contribution is -0.137. The van der Waals surface area contributed by atoms with Crippen LogP contribution in [-0.4, -0.2) is 17.1 Å². The number of carbonyl (C=O) groups is 2. The Labute approximate surface area is 152 Å². The van der Waals surface area contributed by atoms with Crippen molar-refractivity contribution in [2.75, 3.05) is 5.32 Å². The molecule has 0 fully saturated rings. The lowest BCUT2D eigenvalue weighted by Crippen LogP contribution is -2.34. The number of thioether (sulfide) groups is 1. The second kappa shape index (κ2) is 7.41. The fourth-order valence-corrected chi connectivity index (χ4v) is 3.59. The van der Waals surface area contributed by atoms with E-state index in [1.54, 1.807) is 0 Å². The Balaban J connectivity index is 1.62. The third-order valence-electron chi connectivity index (χ3n) is 3.83. The molecule has 1 aliphatic rings. The molecule has 0 bridgehead atoms. The Morgan fingerprint density at radius 2 is 1.88 bits per heavy atom. The number of hydrogen-bond acceptors (Lipinski definition) is 3. The van der Waals surface area contributed by atoms with Crippen molar-refractivity contribution >= 4 is 29.3 Å². The molecule has 26 heavy (non-hydrogen) atoms. The number of halogens is 3. The van der Waals surface area contributed by atoms with Crippen molar-refractivity contribution in [3.63, 3.8) is 0 Å². The summed E-state index contributed by atoms with van der Waals surface area (Å²) < 4.78 is 38.3. The Hall–Kier alpha value is -2.48. The molecule has 0 unspecified atom stereocenters. The van der Waals surface area contributed by atoms with Crippen molar-refractivity contribution < 1.29 is 22.8 Å². The van der Waals surface area contributed by atoms with E-state index in [9.17, 15) is 22.8 Å². The monoisotopic (exact) mass is 380 g/mol. The van der Waals surface area contributed by atoms with Gasteiger partial charge in [0, 0.05) is 17.9 Å². The van der Waals surface area contributed by atoms with Crippen molar-refractivity contribution in [3.05, 3.63) is 59.7 Å². The van der Waals surface area contributed by atoms with Gasteiger partial charge in [-0.3, -0.25) is 9.59 Å². The van der Waals surface area contributed by atoms with Crippen molar-refractivity contribution in [3.8, 4) is 0 Å². The lowest BCUT2D eigenvalue weighted by atomic mass is 10.1. The summed E-state index contributed by atoms with van der Waals surface area (Å²) in [6.07, 6.45) is -4.53. The summed E-state index contributed by atoms with van der Waals surface area (Å²) in [6.45, 7) is 0.351. The fraction of sp³-hybridized carbons (Fsp3) is 0.222. The van der Waals surface area contributed by atoms with Crippen molar-refractivity contribution in [2.24, 2.45) is 0 Å². The van der Waals surface area contributed by atoms with E-state index in [4.69, 9.17) is 0 Å². The van der Waals surface area contributed by atoms with Crippen LogP contribution in [0.25, 0.3) is 0 Å². The van der Waals surface area contributed by atoms with Crippen LogP contribution in [0.15, 0.2) is 53.4 Å². The average molecular weight is 380 g/mol. The van der Waals surface area contributed by atoms with E-state index in [1.165, 1.54) is 6.07 Å². The van der Waals surface area contributed by atoms with Gasteiger partial charge in [-0.15, -0.1) is 11.8 Å². The Kier molecular flexibility index (Phi) is 5.22. The number of anilines is 1. The van der Waals surface area contributed by atoms with Gasteiger partial charge in [-0.2, -0.15) is 13.2 Å². The van der Waals surface area contributed by atoms with Crippen LogP contribution in [-0.2, 0) is 22.3 Å². The fourth-order valence-electron chi connectivity index (χ4n) is 2.50. The summed E-state index contributed by atoms with van der Waals surface area (Å²) in [5, 5.41) is 4.52. The number of hydrogen-bond donors (Lipinski definition) is 2. The van der Waals surface area contributed by atoms with E-state index < -0.39 is 22.9 Å². The van der Waals surface area contributed by atoms with Crippen LogP contribution >= 0.6 is 11.8 Å². The highest BCUT2D eigenvalue weighted by Gasteiger charge is 2.34. The van der Waals surface area contributed by atoms with Gasteiger partial charge in [0.05, 0.1) is 16.5 Å². The standard InChI is InChI=1S/C18H15F3N2O2S/c19-18(20,21)12-6-7-14-13(8-12)23-17(25)15(26-14)9-16(24)22-10-11-4-2-1-3-5-11/h1-8,15H,9-10H2,(H,22,24)(H,23,25)/t15-/m1/s1. The molecule has 136 valence electrons. The minimum atomic E-state index is -4.47. The van der Waals surface area contributed by atoms with Crippen LogP contribution in [0.3, 0.4) is 0 Å². The van der Waals surface area contributed by atoms with Crippen LogP contribution in [0.4, 0.5) is 18.9 Å². The van der Waals surface area contributed by atoms with Gasteiger partial charge >= 0.3 is 6.18 Å². The van der Waals surface area contributed by atoms with Crippen LogP contribution in [0.5, 0.6) is 0 Å². The molecule has 0 spiro atoms. The Morgan fingerprint density at radius 3 is 2.58 bits per heavy atom. The predicted molar refractivity (Wildman–Crippen MR) is 92.6 cm³/mol. The Bertz CT molecular complexity index is 825. The van der Waals surface area contributed by atoms with Gasteiger partial charge in [-0.25, -0.2) is 0 Å². The zero-order chi connectivity index (χ0) is 18.7. The number of nitrogens with one attached hydrogen (secondary N) is 2. The molecule has 8 heteroatoms. The maximum absolute atomic E-state index is 12.8. The van der Waals surface area contributed by atoms with Crippen molar-refractivity contribution in [1.29, 1.82) is 0 Å². The second-order valence-corrected chi connectivity index (χ2v) is 7.02. The zero-order valence-electron chi connectivity index (χ0n) is 13.5. The first-order valence-corrected chi connectivity index (χ1v) is 8.70. The number of alkyl halides is 3. The molecule has 1 heterocycles. The minimum Gasteiger partial charge on any atom is -0.352 e. The van der Waals surface area contributed by atoms with E-state index in [-0.39, 0.29) is 18.0 Å². The van der Waals surface area contributed by atoms with Gasteiger partial charge in [0.25, 0.3) is 0 Å². The first-order valence-electron chi connectivity index (χ1n) is 7.82. The predicted octanol–water partition coefficient (Wildman–Crippen LogP) is 3.82. The molecule has 1 atom stereocenters. The third kappa shape index (κ3) is 4.37. The summed E-state index contributed by atoms with van der Waals surface area (Å²) in [5.41, 5.74) is 0.235. The number of carbonyl (C=O) groups excluding carboxylic acids is 2. The van der Waals surface area contributed by atoms with Crippen molar-refractivity contribution in [2.45, 2.75) is 29.3 Å². The van der Waals surface area contributed by atoms with E-state index in [2.05, 4.69) is 10.6 Å². The molecule has 0 saturated carbocycles. The van der Waals surface area contributed by atoms with Crippen molar-refractivity contribution in [1.82, 2.24) is 5.32 Å². The number of fused-ring (bicyclic) bond motifs is 1. The topological polar surface area (TPSA) is 58.2 Å². The zero-order valence-corrected chi connectivity index (χ0v) is 14.3. The van der Waals surface area contributed by atoms with Crippen LogP contribution in [0.1, 0.15) is 17.5 Å². The molecule has 2 aromatic carbocycles. The summed E-state index contributed by atoms with van der Waals surface area (Å²) >= 11 is 1.09. The number of amides is 2. The lowest BCUT2D eigenvalue weighted by Gasteiger charge is -2.24. The van der Waals surface area contributed by atoms with E-state index >= 15 is 0 Å². The first kappa shape index (κ1) is 18.3. The van der Waals surface area contributed by atoms with Gasteiger partial charge in [-0.05, 0) is 23.8 Å². The number of rotatable bonds is 4. The molecular formula is C18H15F3N2O2S. The van der Waals surface area contributed by atoms with Crippen LogP contribution < -0.4 is 10.6 Å². The Morgan fingerprint density at radius 1 is 1.15 bits per heavy atom. The minimum absolute atomic E-state index is 0.0518. The summed E-state index contributed by atoms with van der Waals surface area (Å²) in [4.78, 5) is 24.7. The molecule has 2 aromatic rings. The molecule has 2 amide bonds.